The third-order valence-corrected chi connectivity index (χ3v) is 11.5. The van der Waals surface area contributed by atoms with E-state index in [0.717, 1.165) is 0 Å². The Balaban J connectivity index is 0.000000180. The van der Waals surface area contributed by atoms with Crippen LogP contribution in [0.4, 0.5) is 0 Å². The molecule has 0 aliphatic carbocycles. The van der Waals surface area contributed by atoms with Crippen LogP contribution in [-0.2, 0) is 23.0 Å². The predicted molar refractivity (Wildman–Crippen MR) is 177 cm³/mol. The van der Waals surface area contributed by atoms with Gasteiger partial charge in [-0.25, -0.2) is 0 Å². The van der Waals surface area contributed by atoms with Gasteiger partial charge in [-0.15, -0.1) is 69.1 Å². The maximum absolute atomic E-state index is 2.37. The van der Waals surface area contributed by atoms with Crippen molar-refractivity contribution in [2.45, 2.75) is 20.4 Å². The second-order valence-electron chi connectivity index (χ2n) is 10.4. The van der Waals surface area contributed by atoms with Crippen LogP contribution < -0.4 is 30.0 Å². The first-order chi connectivity index (χ1) is 20.0. The molecule has 0 nitrogen and oxygen atoms in total. The summed E-state index contributed by atoms with van der Waals surface area (Å²) >= 11 is 1.36. The van der Waals surface area contributed by atoms with Crippen molar-refractivity contribution in [1.29, 1.82) is 0 Å². The van der Waals surface area contributed by atoms with Crippen LogP contribution in [0.5, 0.6) is 0 Å². The van der Waals surface area contributed by atoms with Gasteiger partial charge in [0, 0.05) is 0 Å². The van der Waals surface area contributed by atoms with Gasteiger partial charge in [0.05, 0.1) is 0 Å². The molecule has 0 aromatic heterocycles. The van der Waals surface area contributed by atoms with E-state index in [1.807, 2.05) is 0 Å². The van der Waals surface area contributed by atoms with Crippen LogP contribution in [0, 0.1) is 13.8 Å². The number of benzene rings is 5. The van der Waals surface area contributed by atoms with Crippen molar-refractivity contribution in [2.24, 2.45) is 0 Å². The number of halogens is 2. The molecule has 7 rings (SSSR count). The maximum Gasteiger partial charge on any atom is -0.0279 e. The Bertz CT molecular complexity index is 1760. The van der Waals surface area contributed by atoms with E-state index in [9.17, 15) is 0 Å². The van der Waals surface area contributed by atoms with Crippen LogP contribution in [0.1, 0.15) is 11.1 Å². The summed E-state index contributed by atoms with van der Waals surface area (Å²) in [7, 11) is 0. The van der Waals surface area contributed by atoms with Crippen LogP contribution in [0.25, 0.3) is 43.8 Å². The van der Waals surface area contributed by atoms with Gasteiger partial charge in [0.15, 0.2) is 0 Å². The van der Waals surface area contributed by atoms with E-state index in [2.05, 4.69) is 172 Å². The minimum atomic E-state index is -0.0733. The van der Waals surface area contributed by atoms with Gasteiger partial charge in [-0.1, -0.05) is 97.8 Å². The maximum atomic E-state index is 2.37. The molecule has 0 amide bonds. The Morgan fingerprint density at radius 2 is 0.860 bits per heavy atom. The van der Waals surface area contributed by atoms with E-state index < -0.39 is 0 Å². The molecule has 0 radical (unpaired) electrons. The zero-order valence-electron chi connectivity index (χ0n) is 24.7. The summed E-state index contributed by atoms with van der Waals surface area (Å²) in [4.78, 5) is 0. The van der Waals surface area contributed by atoms with Crippen molar-refractivity contribution in [1.82, 2.24) is 0 Å². The number of hydrogen-bond donors (Lipinski definition) is 0. The second kappa shape index (κ2) is 16.7. The van der Waals surface area contributed by atoms with E-state index >= 15 is 0 Å². The van der Waals surface area contributed by atoms with Crippen molar-refractivity contribution >= 4 is 32.2 Å². The van der Waals surface area contributed by atoms with Crippen molar-refractivity contribution in [2.75, 3.05) is 0 Å². The van der Waals surface area contributed by atoms with E-state index in [0.29, 0.717) is 0 Å². The molecule has 7 aromatic carbocycles. The normalized spacial score (nSPS) is 9.98. The molecule has 7 aromatic rings. The molecule has 0 saturated carbocycles. The van der Waals surface area contributed by atoms with Crippen LogP contribution >= 0.6 is 0 Å². The standard InChI is InChI=1S/2C16H13.C7H8Si.2ClH.Hf/c2*1-12-10-14-8-5-9-15(16(14)11-12)13-6-3-2-4-7-13;1-8-7-5-3-2-4-6-7;;;/h2*2-11H,1H3;2-6H,1H3;2*1H;/q2*-1;;;;+2/p-2. The van der Waals surface area contributed by atoms with Gasteiger partial charge in [0.1, 0.15) is 0 Å². The van der Waals surface area contributed by atoms with E-state index in [4.69, 9.17) is 0 Å². The average Bonchev–Trinajstić information content (AvgIpc) is 3.59. The quantitative estimate of drug-likeness (QED) is 0.187. The monoisotopic (exact) mass is 780 g/mol. The zero-order chi connectivity index (χ0) is 28.6. The summed E-state index contributed by atoms with van der Waals surface area (Å²) in [6, 6.07) is 53.9. The average molecular weight is 780 g/mol. The number of fused-ring (bicyclic) bond motifs is 2. The van der Waals surface area contributed by atoms with E-state index in [1.54, 1.807) is 5.19 Å². The summed E-state index contributed by atoms with van der Waals surface area (Å²) in [6.45, 7) is 6.66. The second-order valence-corrected chi connectivity index (χ2v) is 20.3. The summed E-state index contributed by atoms with van der Waals surface area (Å²) < 4.78 is 0. The molecule has 0 atom stereocenters. The molecule has 0 unspecified atom stereocenters. The van der Waals surface area contributed by atoms with Crippen molar-refractivity contribution in [3.8, 4) is 22.3 Å². The molecular formula is C39H34Cl2HfSi-2. The first kappa shape index (κ1) is 34.5. The summed E-state index contributed by atoms with van der Waals surface area (Å²) in [5.41, 5.74) is 7.82. The van der Waals surface area contributed by atoms with Crippen molar-refractivity contribution < 1.29 is 47.8 Å². The van der Waals surface area contributed by atoms with Gasteiger partial charge in [-0.2, -0.15) is 12.1 Å². The smallest absolute Gasteiger partial charge is 0.0279 e. The molecule has 0 N–H and O–H groups in total. The number of aryl methyl sites for hydroxylation is 2. The molecule has 0 fully saturated rings. The zero-order valence-corrected chi connectivity index (χ0v) is 30.8. The third kappa shape index (κ3) is 9.00. The first-order valence-corrected chi connectivity index (χ1v) is 21.4. The van der Waals surface area contributed by atoms with Gasteiger partial charge in [-0.3, -0.25) is 0 Å². The molecule has 4 heteroatoms. The molecule has 43 heavy (non-hydrogen) atoms. The number of rotatable bonds is 3. The Morgan fingerprint density at radius 3 is 1.21 bits per heavy atom. The fourth-order valence-corrected chi connectivity index (χ4v) is 7.69. The molecule has 0 heterocycles. The SMILES string of the molecule is C[Si](=[Hf+2])c1ccccc1.Cc1cc2c(-c3ccccc3)cccc2[cH-]1.Cc1cc2c(-c3ccccc3)cccc2[cH-]1.[Cl-].[Cl-]. The Kier molecular flexibility index (Phi) is 13.4. The number of hydrogen-bond acceptors (Lipinski definition) is 0. The predicted octanol–water partition coefficient (Wildman–Crippen LogP) is 4.14. The van der Waals surface area contributed by atoms with Crippen LogP contribution in [-0.4, -0.2) is 5.49 Å². The van der Waals surface area contributed by atoms with Crippen molar-refractivity contribution in [3.05, 3.63) is 163 Å². The Labute approximate surface area is 283 Å². The van der Waals surface area contributed by atoms with Gasteiger partial charge in [0.25, 0.3) is 0 Å². The molecule has 0 aliphatic heterocycles. The molecule has 0 spiro atoms. The van der Waals surface area contributed by atoms with Gasteiger partial charge >= 0.3 is 70.6 Å². The van der Waals surface area contributed by atoms with E-state index in [1.165, 1.54) is 77.9 Å². The third-order valence-electron chi connectivity index (χ3n) is 7.17. The summed E-state index contributed by atoms with van der Waals surface area (Å²) in [6.07, 6.45) is 0. The molecule has 0 saturated heterocycles. The van der Waals surface area contributed by atoms with Gasteiger partial charge < -0.3 is 24.8 Å². The molecule has 0 aliphatic rings. The van der Waals surface area contributed by atoms with Crippen molar-refractivity contribution in [3.63, 3.8) is 0 Å². The largest absolute Gasteiger partial charge is 1.00 e. The molecule has 0 bridgehead atoms. The fourth-order valence-electron chi connectivity index (χ4n) is 5.20. The van der Waals surface area contributed by atoms with Crippen LogP contribution in [0.2, 0.25) is 6.55 Å². The first-order valence-electron chi connectivity index (χ1n) is 14.0. The minimum absolute atomic E-state index is 0. The molecular weight excluding hydrogens is 746 g/mol. The summed E-state index contributed by atoms with van der Waals surface area (Å²) in [5.74, 6) is 0. The topological polar surface area (TPSA) is 0 Å². The molecule has 214 valence electrons. The van der Waals surface area contributed by atoms with Crippen LogP contribution in [0.15, 0.2) is 152 Å². The van der Waals surface area contributed by atoms with E-state index in [-0.39, 0.29) is 30.3 Å². The minimum Gasteiger partial charge on any atom is -1.00 e. The Hall–Kier alpha value is -3.01. The van der Waals surface area contributed by atoms with Crippen LogP contribution in [0.3, 0.4) is 0 Å². The fraction of sp³-hybridized carbons (Fsp3) is 0.0769. The summed E-state index contributed by atoms with van der Waals surface area (Å²) in [5, 5.41) is 6.95. The van der Waals surface area contributed by atoms with Gasteiger partial charge in [-0.05, 0) is 11.1 Å². The van der Waals surface area contributed by atoms with Gasteiger partial charge in [0.2, 0.25) is 0 Å². The Morgan fingerprint density at radius 1 is 0.488 bits per heavy atom.